The second-order valence-electron chi connectivity index (χ2n) is 6.95. The normalized spacial score (nSPS) is 12.2. The average molecular weight is 472 g/mol. The maximum absolute atomic E-state index is 13.0. The van der Waals surface area contributed by atoms with E-state index in [9.17, 15) is 14.4 Å². The quantitative estimate of drug-likeness (QED) is 0.341. The van der Waals surface area contributed by atoms with Gasteiger partial charge < -0.3 is 19.1 Å². The number of benzene rings is 1. The molecular formula is C23H21NO6S2. The lowest BCUT2D eigenvalue weighted by molar-refractivity contribution is -0.147. The van der Waals surface area contributed by atoms with Crippen LogP contribution in [-0.2, 0) is 20.9 Å². The fourth-order valence-electron chi connectivity index (χ4n) is 3.15. The highest BCUT2D eigenvalue weighted by atomic mass is 32.1. The summed E-state index contributed by atoms with van der Waals surface area (Å²) in [6, 6.07) is 12.7. The van der Waals surface area contributed by atoms with Crippen LogP contribution in [0.5, 0.6) is 11.5 Å². The molecular weight excluding hydrogens is 450 g/mol. The molecule has 3 aromatic rings. The Morgan fingerprint density at radius 3 is 2.47 bits per heavy atom. The van der Waals surface area contributed by atoms with Crippen LogP contribution in [0.4, 0.5) is 5.69 Å². The number of nitrogens with zero attached hydrogens (tertiary/aromatic N) is 1. The van der Waals surface area contributed by atoms with Crippen LogP contribution in [0.3, 0.4) is 0 Å². The van der Waals surface area contributed by atoms with Gasteiger partial charge in [-0.15, -0.1) is 22.7 Å². The van der Waals surface area contributed by atoms with E-state index in [1.54, 1.807) is 35.2 Å². The molecule has 0 saturated carbocycles. The molecule has 1 amide bonds. The van der Waals surface area contributed by atoms with Crippen molar-refractivity contribution < 1.29 is 28.6 Å². The van der Waals surface area contributed by atoms with E-state index in [1.165, 1.54) is 22.7 Å². The Morgan fingerprint density at radius 1 is 0.938 bits per heavy atom. The Hall–Kier alpha value is -3.17. The van der Waals surface area contributed by atoms with Gasteiger partial charge in [0.1, 0.15) is 13.2 Å². The van der Waals surface area contributed by atoms with Gasteiger partial charge in [-0.05, 0) is 35.0 Å². The summed E-state index contributed by atoms with van der Waals surface area (Å²) in [6.45, 7) is 0.850. The molecule has 0 fully saturated rings. The van der Waals surface area contributed by atoms with E-state index < -0.39 is 12.6 Å². The zero-order chi connectivity index (χ0) is 22.3. The largest absolute Gasteiger partial charge is 0.486 e. The number of amides is 1. The first-order valence-corrected chi connectivity index (χ1v) is 11.8. The lowest BCUT2D eigenvalue weighted by Gasteiger charge is -2.25. The molecule has 166 valence electrons. The third kappa shape index (κ3) is 5.54. The minimum absolute atomic E-state index is 0.0502. The number of hydrogen-bond acceptors (Lipinski definition) is 8. The number of esters is 1. The van der Waals surface area contributed by atoms with Gasteiger partial charge >= 0.3 is 5.97 Å². The Balaban J connectivity index is 1.39. The van der Waals surface area contributed by atoms with E-state index in [0.717, 1.165) is 4.88 Å². The molecule has 0 radical (unpaired) electrons. The minimum atomic E-state index is -0.582. The summed E-state index contributed by atoms with van der Waals surface area (Å²) >= 11 is 2.87. The number of ether oxygens (including phenoxy) is 3. The number of hydrogen-bond donors (Lipinski definition) is 0. The van der Waals surface area contributed by atoms with Gasteiger partial charge in [0, 0.05) is 23.1 Å². The number of thiophene rings is 2. The zero-order valence-electron chi connectivity index (χ0n) is 17.2. The van der Waals surface area contributed by atoms with Crippen LogP contribution in [0.25, 0.3) is 0 Å². The fraction of sp³-hybridized carbons (Fsp3) is 0.261. The molecule has 1 aliphatic rings. The van der Waals surface area contributed by atoms with E-state index in [1.807, 2.05) is 22.9 Å². The topological polar surface area (TPSA) is 82.1 Å². The van der Waals surface area contributed by atoms with Crippen LogP contribution in [0.2, 0.25) is 0 Å². The fourth-order valence-corrected chi connectivity index (χ4v) is 4.54. The highest BCUT2D eigenvalue weighted by Gasteiger charge is 2.22. The van der Waals surface area contributed by atoms with Gasteiger partial charge in [0.25, 0.3) is 5.91 Å². The van der Waals surface area contributed by atoms with Crippen LogP contribution in [0.1, 0.15) is 27.4 Å². The molecule has 0 atom stereocenters. The number of fused-ring (bicyclic) bond motifs is 1. The first-order valence-electron chi connectivity index (χ1n) is 10.0. The smallest absolute Gasteiger partial charge is 0.306 e. The van der Waals surface area contributed by atoms with Gasteiger partial charge in [-0.3, -0.25) is 14.4 Å². The predicted octanol–water partition coefficient (Wildman–Crippen LogP) is 4.32. The maximum Gasteiger partial charge on any atom is 0.306 e. The minimum Gasteiger partial charge on any atom is -0.486 e. The van der Waals surface area contributed by atoms with Gasteiger partial charge in [0.2, 0.25) is 0 Å². The van der Waals surface area contributed by atoms with Crippen molar-refractivity contribution in [3.05, 3.63) is 63.0 Å². The Morgan fingerprint density at radius 2 is 1.72 bits per heavy atom. The Bertz CT molecular complexity index is 1080. The molecule has 2 aromatic heterocycles. The van der Waals surface area contributed by atoms with Crippen molar-refractivity contribution in [2.24, 2.45) is 0 Å². The van der Waals surface area contributed by atoms with Gasteiger partial charge in [-0.1, -0.05) is 12.1 Å². The SMILES string of the molecule is O=C(CCC(=O)c1cccs1)OCC(=O)N(Cc1cccs1)c1ccc2c(c1)OCCO2. The van der Waals surface area contributed by atoms with Crippen molar-refractivity contribution >= 4 is 46.0 Å². The van der Waals surface area contributed by atoms with E-state index in [-0.39, 0.29) is 24.5 Å². The van der Waals surface area contributed by atoms with E-state index in [2.05, 4.69) is 0 Å². The summed E-state index contributed by atoms with van der Waals surface area (Å²) < 4.78 is 16.4. The molecule has 0 N–H and O–H groups in total. The van der Waals surface area contributed by atoms with Crippen molar-refractivity contribution in [2.45, 2.75) is 19.4 Å². The number of rotatable bonds is 9. The van der Waals surface area contributed by atoms with Crippen LogP contribution < -0.4 is 14.4 Å². The summed E-state index contributed by atoms with van der Waals surface area (Å²) in [5, 5.41) is 3.75. The van der Waals surface area contributed by atoms with Crippen molar-refractivity contribution in [3.63, 3.8) is 0 Å². The molecule has 0 saturated heterocycles. The number of anilines is 1. The summed E-state index contributed by atoms with van der Waals surface area (Å²) in [7, 11) is 0. The van der Waals surface area contributed by atoms with Crippen molar-refractivity contribution in [2.75, 3.05) is 24.7 Å². The molecule has 0 unspecified atom stereocenters. The van der Waals surface area contributed by atoms with Crippen molar-refractivity contribution in [1.82, 2.24) is 0 Å². The third-order valence-corrected chi connectivity index (χ3v) is 6.51. The molecule has 0 spiro atoms. The summed E-state index contributed by atoms with van der Waals surface area (Å²) in [5.41, 5.74) is 0.622. The lowest BCUT2D eigenvalue weighted by Crippen LogP contribution is -2.34. The van der Waals surface area contributed by atoms with E-state index >= 15 is 0 Å². The number of carbonyl (C=O) groups is 3. The second kappa shape index (κ2) is 10.4. The monoisotopic (exact) mass is 471 g/mol. The first kappa shape index (κ1) is 22.0. The van der Waals surface area contributed by atoms with Crippen LogP contribution >= 0.6 is 22.7 Å². The third-order valence-electron chi connectivity index (χ3n) is 4.74. The van der Waals surface area contributed by atoms with Crippen molar-refractivity contribution in [3.8, 4) is 11.5 Å². The molecule has 1 aromatic carbocycles. The maximum atomic E-state index is 13.0. The average Bonchev–Trinajstić information content (AvgIpc) is 3.53. The highest BCUT2D eigenvalue weighted by molar-refractivity contribution is 7.12. The van der Waals surface area contributed by atoms with Gasteiger partial charge in [-0.2, -0.15) is 0 Å². The molecule has 3 heterocycles. The molecule has 32 heavy (non-hydrogen) atoms. The second-order valence-corrected chi connectivity index (χ2v) is 8.93. The van der Waals surface area contributed by atoms with Gasteiger partial charge in [-0.25, -0.2) is 0 Å². The number of carbonyl (C=O) groups excluding carboxylic acids is 3. The Labute approximate surface area is 193 Å². The zero-order valence-corrected chi connectivity index (χ0v) is 18.8. The van der Waals surface area contributed by atoms with Crippen LogP contribution in [0.15, 0.2) is 53.2 Å². The molecule has 9 heteroatoms. The highest BCUT2D eigenvalue weighted by Crippen LogP contribution is 2.34. The first-order chi connectivity index (χ1) is 15.6. The molecule has 0 bridgehead atoms. The Kier molecular flexibility index (Phi) is 7.18. The van der Waals surface area contributed by atoms with E-state index in [4.69, 9.17) is 14.2 Å². The predicted molar refractivity (Wildman–Crippen MR) is 122 cm³/mol. The standard InChI is InChI=1S/C23H21NO6S2/c25-18(21-4-2-12-32-21)6-8-23(27)30-15-22(26)24(14-17-3-1-11-31-17)16-5-7-19-20(13-16)29-10-9-28-19/h1-5,7,11-13H,6,8-10,14-15H2. The lowest BCUT2D eigenvalue weighted by atomic mass is 10.2. The van der Waals surface area contributed by atoms with E-state index in [0.29, 0.717) is 41.8 Å². The van der Waals surface area contributed by atoms with Crippen molar-refractivity contribution in [1.29, 1.82) is 0 Å². The van der Waals surface area contributed by atoms with Crippen LogP contribution in [-0.4, -0.2) is 37.5 Å². The molecule has 7 nitrogen and oxygen atoms in total. The molecule has 4 rings (SSSR count). The molecule has 0 aliphatic carbocycles. The number of ketones is 1. The number of Topliss-reactive ketones (excluding diaryl/α,β-unsaturated/α-hetero) is 1. The summed E-state index contributed by atoms with van der Waals surface area (Å²) in [6.07, 6.45) is -0.0203. The van der Waals surface area contributed by atoms with Crippen LogP contribution in [0, 0.1) is 0 Å². The summed E-state index contributed by atoms with van der Waals surface area (Å²) in [5.74, 6) is 0.139. The van der Waals surface area contributed by atoms with Gasteiger partial charge in [0.05, 0.1) is 17.8 Å². The molecule has 1 aliphatic heterocycles. The summed E-state index contributed by atoms with van der Waals surface area (Å²) in [4.78, 5) is 40.3. The van der Waals surface area contributed by atoms with Gasteiger partial charge in [0.15, 0.2) is 23.9 Å².